The van der Waals surface area contributed by atoms with E-state index in [9.17, 15) is 18.8 Å². The van der Waals surface area contributed by atoms with Crippen LogP contribution in [0.15, 0.2) is 52.8 Å². The number of nitrogens with two attached hydrogens (primary N) is 1. The molecule has 2 saturated carbocycles. The van der Waals surface area contributed by atoms with Crippen molar-refractivity contribution in [2.75, 3.05) is 20.2 Å². The van der Waals surface area contributed by atoms with Gasteiger partial charge in [0.05, 0.1) is 49.4 Å². The number of imidazole rings is 2. The molecule has 3 amide bonds. The Hall–Kier alpha value is -4.78. The van der Waals surface area contributed by atoms with Gasteiger partial charge in [0.2, 0.25) is 11.8 Å². The maximum absolute atomic E-state index is 14.7. The molecule has 320 valence electrons. The van der Waals surface area contributed by atoms with E-state index in [0.717, 1.165) is 73.3 Å². The second-order valence-electron chi connectivity index (χ2n) is 19.0. The number of nitrogens with zero attached hydrogens (tertiary/aromatic N) is 4. The third kappa shape index (κ3) is 7.28. The fourth-order valence-electron chi connectivity index (χ4n) is 11.3. The Morgan fingerprint density at radius 1 is 0.867 bits per heavy atom. The second-order valence-corrected chi connectivity index (χ2v) is 19.0. The lowest BCUT2D eigenvalue weighted by Gasteiger charge is -2.39. The van der Waals surface area contributed by atoms with E-state index < -0.39 is 30.4 Å². The zero-order chi connectivity index (χ0) is 42.0. The molecule has 9 rings (SSSR count). The number of allylic oxidation sites excluding steroid dienone is 9. The van der Waals surface area contributed by atoms with Crippen LogP contribution in [0.5, 0.6) is 0 Å². The minimum atomic E-state index is -1.10. The van der Waals surface area contributed by atoms with Crippen LogP contribution in [-0.4, -0.2) is 86.1 Å². The van der Waals surface area contributed by atoms with Crippen molar-refractivity contribution < 1.29 is 23.5 Å². The molecule has 2 aromatic heterocycles. The molecule has 0 spiro atoms. The summed E-state index contributed by atoms with van der Waals surface area (Å²) >= 11 is 0. The van der Waals surface area contributed by atoms with Crippen LogP contribution >= 0.6 is 0 Å². The highest BCUT2D eigenvalue weighted by molar-refractivity contribution is 5.86. The van der Waals surface area contributed by atoms with Crippen LogP contribution < -0.4 is 11.1 Å². The average molecular weight is 821 g/mol. The largest absolute Gasteiger partial charge is 0.453 e. The van der Waals surface area contributed by atoms with Gasteiger partial charge in [0.1, 0.15) is 23.9 Å². The number of fused-ring (bicyclic) bond motifs is 4. The highest BCUT2D eigenvalue weighted by Gasteiger charge is 2.52. The van der Waals surface area contributed by atoms with Crippen molar-refractivity contribution in [3.8, 4) is 0 Å². The zero-order valence-corrected chi connectivity index (χ0v) is 35.7. The molecule has 4 heterocycles. The minimum Gasteiger partial charge on any atom is -0.453 e. The number of rotatable bonds is 10. The predicted molar refractivity (Wildman–Crippen MR) is 227 cm³/mol. The zero-order valence-electron chi connectivity index (χ0n) is 35.7. The van der Waals surface area contributed by atoms with Crippen molar-refractivity contribution in [3.05, 3.63) is 81.5 Å². The molecule has 2 aliphatic heterocycles. The number of alkyl carbamates (subject to hydrolysis) is 1. The number of ether oxygens (including phenoxy) is 1. The van der Waals surface area contributed by atoms with E-state index in [1.54, 1.807) is 4.90 Å². The first-order chi connectivity index (χ1) is 28.9. The predicted octanol–water partition coefficient (Wildman–Crippen LogP) is 7.43. The number of aryl methyl sites for hydroxylation is 1. The summed E-state index contributed by atoms with van der Waals surface area (Å²) in [6, 6.07) is -1.93. The fraction of sp³-hybridized carbons (Fsp3) is 0.596. The van der Waals surface area contributed by atoms with Gasteiger partial charge in [-0.3, -0.25) is 9.59 Å². The topological polar surface area (TPSA) is 162 Å². The van der Waals surface area contributed by atoms with Gasteiger partial charge >= 0.3 is 6.09 Å². The van der Waals surface area contributed by atoms with E-state index in [-0.39, 0.29) is 42.7 Å². The summed E-state index contributed by atoms with van der Waals surface area (Å²) in [6.45, 7) is 8.37. The highest BCUT2D eigenvalue weighted by Crippen LogP contribution is 2.61. The van der Waals surface area contributed by atoms with Gasteiger partial charge < -0.3 is 35.6 Å². The summed E-state index contributed by atoms with van der Waals surface area (Å²) in [7, 11) is 1.31. The molecule has 0 bridgehead atoms. The van der Waals surface area contributed by atoms with Crippen molar-refractivity contribution in [2.24, 2.45) is 41.2 Å². The smallest absolute Gasteiger partial charge is 0.407 e. The van der Waals surface area contributed by atoms with Crippen molar-refractivity contribution in [1.29, 1.82) is 0 Å². The number of aromatic amines is 2. The molecular weight excluding hydrogens is 760 g/mol. The van der Waals surface area contributed by atoms with Crippen LogP contribution in [0.1, 0.15) is 126 Å². The molecule has 0 radical (unpaired) electrons. The summed E-state index contributed by atoms with van der Waals surface area (Å²) in [5.41, 5.74) is 16.2. The molecule has 0 aromatic carbocycles. The standard InChI is InChI=1S/C47H61FN8O4/c1-24(2)41(49)45(57)56-23-30(48)21-39(56)43-50-22-37(53-43)27-10-8-26(9-11-27)32-16-15-31(34-19-28-12-14-33(28)40(32)34)29-13-17-35-36(20-29)52-44(51-35)38-7-6-18-55(38)46(58)42(25(3)4)54-47(59)60-5/h8,10,15-16,20,22,24-25,28,30,33-34,38-42H,6-7,9,11-14,17-19,21,23,49H2,1-5H3,(H,50,53)(H,51,52)(H,54,59). The highest BCUT2D eigenvalue weighted by atomic mass is 19.1. The van der Waals surface area contributed by atoms with Crippen molar-refractivity contribution in [2.45, 2.75) is 122 Å². The first-order valence-electron chi connectivity index (χ1n) is 22.4. The number of hydrogen-bond acceptors (Lipinski definition) is 7. The van der Waals surface area contributed by atoms with Crippen LogP contribution in [-0.2, 0) is 20.7 Å². The van der Waals surface area contributed by atoms with Gasteiger partial charge in [-0.05, 0) is 127 Å². The minimum absolute atomic E-state index is 0.0325. The summed E-state index contributed by atoms with van der Waals surface area (Å²) in [5.74, 6) is 3.53. The fourth-order valence-corrected chi connectivity index (χ4v) is 11.3. The Bertz CT molecular complexity index is 2190. The summed E-state index contributed by atoms with van der Waals surface area (Å²) in [5, 5.41) is 2.75. The Labute approximate surface area is 352 Å². The molecular formula is C47H61FN8O4. The SMILES string of the molecule is COC(=O)NC(C(=O)N1CCCC1c1nc2c([nH]1)CCC(C1=CC=C(C3=CC=C(c4cnc(C5CC(F)CN5C(=O)C(N)C(C)C)[nH]4)CC3)C3C1CC1CCC13)=C2)C(C)C. The Morgan fingerprint density at radius 2 is 1.63 bits per heavy atom. The van der Waals surface area contributed by atoms with E-state index in [1.165, 1.54) is 54.2 Å². The first kappa shape index (κ1) is 40.6. The van der Waals surface area contributed by atoms with Gasteiger partial charge in [-0.25, -0.2) is 19.2 Å². The van der Waals surface area contributed by atoms with Crippen LogP contribution in [0.3, 0.4) is 0 Å². The Kier molecular flexibility index (Phi) is 11.0. The monoisotopic (exact) mass is 820 g/mol. The van der Waals surface area contributed by atoms with Gasteiger partial charge in [-0.15, -0.1) is 0 Å². The quantitative estimate of drug-likeness (QED) is 0.194. The number of nitrogens with one attached hydrogen (secondary N) is 3. The molecule has 12 nitrogen and oxygen atoms in total. The number of amides is 3. The molecule has 4 fully saturated rings. The van der Waals surface area contributed by atoms with Gasteiger partial charge in [-0.2, -0.15) is 0 Å². The number of hydrogen-bond donors (Lipinski definition) is 4. The third-order valence-corrected chi connectivity index (χ3v) is 14.8. The Morgan fingerprint density at radius 3 is 2.35 bits per heavy atom. The summed E-state index contributed by atoms with van der Waals surface area (Å²) in [6.07, 6.45) is 21.2. The van der Waals surface area contributed by atoms with E-state index in [1.807, 2.05) is 38.8 Å². The maximum Gasteiger partial charge on any atom is 0.407 e. The first-order valence-corrected chi connectivity index (χ1v) is 22.4. The summed E-state index contributed by atoms with van der Waals surface area (Å²) < 4.78 is 19.5. The lowest BCUT2D eigenvalue weighted by molar-refractivity contribution is -0.136. The molecule has 5 N–H and O–H groups in total. The number of methoxy groups -OCH3 is 1. The lowest BCUT2D eigenvalue weighted by Crippen LogP contribution is -2.51. The normalized spacial score (nSPS) is 29.4. The van der Waals surface area contributed by atoms with Crippen LogP contribution in [0.2, 0.25) is 0 Å². The molecule has 13 heteroatoms. The third-order valence-electron chi connectivity index (χ3n) is 14.8. The van der Waals surface area contributed by atoms with Gasteiger partial charge in [0, 0.05) is 18.7 Å². The number of likely N-dealkylation sites (tertiary alicyclic amines) is 2. The van der Waals surface area contributed by atoms with Crippen molar-refractivity contribution in [1.82, 2.24) is 35.1 Å². The van der Waals surface area contributed by atoms with Crippen LogP contribution in [0.4, 0.5) is 9.18 Å². The van der Waals surface area contributed by atoms with Crippen molar-refractivity contribution in [3.63, 3.8) is 0 Å². The Balaban J connectivity index is 0.934. The molecule has 5 aliphatic carbocycles. The molecule has 2 saturated heterocycles. The summed E-state index contributed by atoms with van der Waals surface area (Å²) in [4.78, 5) is 59.4. The molecule has 60 heavy (non-hydrogen) atoms. The lowest BCUT2D eigenvalue weighted by atomic mass is 9.66. The molecule has 9 atom stereocenters. The average Bonchev–Trinajstić information content (AvgIpc) is 4.08. The number of alkyl halides is 1. The molecule has 9 unspecified atom stereocenters. The van der Waals surface area contributed by atoms with Gasteiger partial charge in [0.25, 0.3) is 0 Å². The van der Waals surface area contributed by atoms with Crippen molar-refractivity contribution >= 4 is 29.6 Å². The van der Waals surface area contributed by atoms with Crippen LogP contribution in [0.25, 0.3) is 11.6 Å². The van der Waals surface area contributed by atoms with E-state index >= 15 is 0 Å². The van der Waals surface area contributed by atoms with Gasteiger partial charge in [0.15, 0.2) is 0 Å². The second kappa shape index (κ2) is 16.2. The number of aromatic nitrogens is 4. The molecule has 7 aliphatic rings. The van der Waals surface area contributed by atoms with E-state index in [0.29, 0.717) is 24.2 Å². The van der Waals surface area contributed by atoms with E-state index in [4.69, 9.17) is 15.5 Å². The maximum atomic E-state index is 14.7. The van der Waals surface area contributed by atoms with Crippen LogP contribution in [0, 0.1) is 35.5 Å². The molecule has 2 aromatic rings. The number of H-pyrrole nitrogens is 2. The number of carbonyl (C=O) groups excluding carboxylic acids is 3. The van der Waals surface area contributed by atoms with E-state index in [2.05, 4.69) is 50.6 Å². The van der Waals surface area contributed by atoms with Gasteiger partial charge in [-0.1, -0.05) is 52.0 Å². The number of carbonyl (C=O) groups is 3. The number of halogens is 1.